The molecular weight excluding hydrogens is 568 g/mol. The SMILES string of the molecule is COc1ccc(NC(=S)Nc2ccc(C(c3c(O)c4ccccc4oc3=O)c3c(O)c4ccccc4oc3=O)cc2)cc1. The van der Waals surface area contributed by atoms with E-state index < -0.39 is 17.2 Å². The van der Waals surface area contributed by atoms with Gasteiger partial charge in [0.1, 0.15) is 28.4 Å². The Balaban J connectivity index is 1.43. The smallest absolute Gasteiger partial charge is 0.344 e. The molecule has 0 saturated heterocycles. The largest absolute Gasteiger partial charge is 0.507 e. The van der Waals surface area contributed by atoms with Crippen LogP contribution in [-0.4, -0.2) is 22.4 Å². The highest BCUT2D eigenvalue weighted by Gasteiger charge is 2.32. The fraction of sp³-hybridized carbons (Fsp3) is 0.0606. The number of hydrogen-bond donors (Lipinski definition) is 4. The molecule has 0 bridgehead atoms. The van der Waals surface area contributed by atoms with Gasteiger partial charge in [-0.05, 0) is 78.4 Å². The van der Waals surface area contributed by atoms with Crippen LogP contribution >= 0.6 is 12.2 Å². The van der Waals surface area contributed by atoms with Crippen LogP contribution in [0.1, 0.15) is 22.6 Å². The van der Waals surface area contributed by atoms with Crippen LogP contribution in [-0.2, 0) is 0 Å². The van der Waals surface area contributed by atoms with Gasteiger partial charge >= 0.3 is 11.3 Å². The second-order valence-electron chi connectivity index (χ2n) is 9.66. The van der Waals surface area contributed by atoms with Crippen molar-refractivity contribution in [3.05, 3.63) is 135 Å². The highest BCUT2D eigenvalue weighted by Crippen LogP contribution is 2.42. The third-order valence-electron chi connectivity index (χ3n) is 7.07. The molecule has 0 fully saturated rings. The average Bonchev–Trinajstić information content (AvgIpc) is 3.01. The first-order valence-electron chi connectivity index (χ1n) is 13.2. The lowest BCUT2D eigenvalue weighted by atomic mass is 9.84. The molecule has 0 unspecified atom stereocenters. The number of methoxy groups -OCH3 is 1. The van der Waals surface area contributed by atoms with Gasteiger partial charge in [0.05, 0.1) is 34.9 Å². The van der Waals surface area contributed by atoms with Crippen LogP contribution in [0.25, 0.3) is 21.9 Å². The second kappa shape index (κ2) is 11.3. The van der Waals surface area contributed by atoms with Crippen LogP contribution in [0.2, 0.25) is 0 Å². The summed E-state index contributed by atoms with van der Waals surface area (Å²) >= 11 is 5.45. The number of fused-ring (bicyclic) bond motifs is 2. The summed E-state index contributed by atoms with van der Waals surface area (Å²) < 4.78 is 16.3. The van der Waals surface area contributed by atoms with Crippen LogP contribution in [0.4, 0.5) is 11.4 Å². The van der Waals surface area contributed by atoms with Crippen LogP contribution in [0.5, 0.6) is 17.2 Å². The summed E-state index contributed by atoms with van der Waals surface area (Å²) in [7, 11) is 1.59. The van der Waals surface area contributed by atoms with E-state index in [1.807, 2.05) is 12.1 Å². The molecule has 0 aliphatic rings. The number of benzene rings is 4. The molecule has 6 rings (SSSR count). The number of ether oxygens (including phenoxy) is 1. The van der Waals surface area contributed by atoms with Gasteiger partial charge in [-0.1, -0.05) is 36.4 Å². The molecule has 0 saturated carbocycles. The van der Waals surface area contributed by atoms with Crippen molar-refractivity contribution in [1.82, 2.24) is 0 Å². The maximum absolute atomic E-state index is 13.4. The van der Waals surface area contributed by atoms with Crippen LogP contribution < -0.4 is 26.6 Å². The highest BCUT2D eigenvalue weighted by atomic mass is 32.1. The maximum atomic E-state index is 13.4. The first kappa shape index (κ1) is 27.6. The van der Waals surface area contributed by atoms with E-state index in [9.17, 15) is 19.8 Å². The van der Waals surface area contributed by atoms with Gasteiger partial charge in [-0.2, -0.15) is 0 Å². The van der Waals surface area contributed by atoms with Gasteiger partial charge in [0.15, 0.2) is 5.11 Å². The van der Waals surface area contributed by atoms with E-state index in [0.29, 0.717) is 22.1 Å². The minimum absolute atomic E-state index is 0.180. The van der Waals surface area contributed by atoms with Crippen molar-refractivity contribution < 1.29 is 23.8 Å². The number of aromatic hydroxyl groups is 2. The van der Waals surface area contributed by atoms with E-state index in [1.165, 1.54) is 0 Å². The molecule has 214 valence electrons. The zero-order chi connectivity index (χ0) is 30.1. The molecule has 6 aromatic rings. The fourth-order valence-corrected chi connectivity index (χ4v) is 5.24. The molecule has 0 atom stereocenters. The van der Waals surface area contributed by atoms with Crippen molar-refractivity contribution in [3.8, 4) is 17.2 Å². The molecule has 43 heavy (non-hydrogen) atoms. The summed E-state index contributed by atoms with van der Waals surface area (Å²) in [6, 6.07) is 27.0. The zero-order valence-corrected chi connectivity index (χ0v) is 23.5. The predicted octanol–water partition coefficient (Wildman–Crippen LogP) is 6.31. The number of thiocarbonyl (C=S) groups is 1. The Labute approximate surface area is 249 Å². The van der Waals surface area contributed by atoms with Crippen molar-refractivity contribution in [2.75, 3.05) is 17.7 Å². The van der Waals surface area contributed by atoms with Gasteiger partial charge in [0, 0.05) is 11.4 Å². The molecule has 4 N–H and O–H groups in total. The minimum atomic E-state index is -1.24. The Bertz CT molecular complexity index is 2000. The Kier molecular flexibility index (Phi) is 7.27. The predicted molar refractivity (Wildman–Crippen MR) is 169 cm³/mol. The quantitative estimate of drug-likeness (QED) is 0.129. The van der Waals surface area contributed by atoms with Crippen LogP contribution in [0, 0.1) is 0 Å². The molecule has 0 radical (unpaired) electrons. The summed E-state index contributed by atoms with van der Waals surface area (Å²) in [6.45, 7) is 0. The standard InChI is InChI=1S/C33H24N2O7S/c1-40-21-16-14-20(15-17-21)35-33(43)34-19-12-10-18(11-13-19)26(27-29(36)22-6-2-4-8-24(22)41-31(27)38)28-30(37)23-7-3-5-9-25(23)42-32(28)39/h2-17,26,36-37H,1H3,(H2,34,35,43). The topological polar surface area (TPSA) is 134 Å². The molecule has 2 heterocycles. The first-order chi connectivity index (χ1) is 20.8. The third kappa shape index (κ3) is 5.27. The van der Waals surface area contributed by atoms with Gasteiger partial charge in [0.2, 0.25) is 0 Å². The molecular formula is C33H24N2O7S. The minimum Gasteiger partial charge on any atom is -0.507 e. The number of para-hydroxylation sites is 2. The molecule has 9 nitrogen and oxygen atoms in total. The fourth-order valence-electron chi connectivity index (χ4n) is 5.01. The molecule has 2 aromatic heterocycles. The molecule has 10 heteroatoms. The molecule has 0 amide bonds. The summed E-state index contributed by atoms with van der Waals surface area (Å²) in [4.78, 5) is 26.7. The van der Waals surface area contributed by atoms with E-state index in [4.69, 9.17) is 25.8 Å². The lowest BCUT2D eigenvalue weighted by Crippen LogP contribution is -2.21. The van der Waals surface area contributed by atoms with Gasteiger partial charge in [0.25, 0.3) is 0 Å². The van der Waals surface area contributed by atoms with Gasteiger partial charge in [-0.3, -0.25) is 0 Å². The monoisotopic (exact) mass is 592 g/mol. The van der Waals surface area contributed by atoms with E-state index >= 15 is 0 Å². The normalized spacial score (nSPS) is 11.1. The van der Waals surface area contributed by atoms with E-state index in [1.54, 1.807) is 92.0 Å². The van der Waals surface area contributed by atoms with Crippen molar-refractivity contribution in [1.29, 1.82) is 0 Å². The summed E-state index contributed by atoms with van der Waals surface area (Å²) in [5, 5.41) is 29.7. The van der Waals surface area contributed by atoms with E-state index in [-0.39, 0.29) is 44.6 Å². The zero-order valence-electron chi connectivity index (χ0n) is 22.7. The van der Waals surface area contributed by atoms with Crippen LogP contribution in [0.3, 0.4) is 0 Å². The highest BCUT2D eigenvalue weighted by molar-refractivity contribution is 7.80. The molecule has 4 aromatic carbocycles. The Hall–Kier alpha value is -5.61. The van der Waals surface area contributed by atoms with Crippen molar-refractivity contribution >= 4 is 50.6 Å². The lowest BCUT2D eigenvalue weighted by Gasteiger charge is -2.20. The van der Waals surface area contributed by atoms with E-state index in [2.05, 4.69) is 10.6 Å². The summed E-state index contributed by atoms with van der Waals surface area (Å²) in [5.41, 5.74) is -0.0109. The van der Waals surface area contributed by atoms with Gasteiger partial charge < -0.3 is 34.4 Å². The molecule has 0 spiro atoms. The van der Waals surface area contributed by atoms with Crippen molar-refractivity contribution in [2.24, 2.45) is 0 Å². The number of hydrogen-bond acceptors (Lipinski definition) is 8. The van der Waals surface area contributed by atoms with E-state index in [0.717, 1.165) is 5.69 Å². The molecule has 0 aliphatic carbocycles. The maximum Gasteiger partial charge on any atom is 0.344 e. The third-order valence-corrected chi connectivity index (χ3v) is 7.27. The summed E-state index contributed by atoms with van der Waals surface area (Å²) in [5.74, 6) is -1.25. The van der Waals surface area contributed by atoms with Gasteiger partial charge in [-0.25, -0.2) is 9.59 Å². The molecule has 0 aliphatic heterocycles. The number of anilines is 2. The first-order valence-corrected chi connectivity index (χ1v) is 13.6. The second-order valence-corrected chi connectivity index (χ2v) is 10.1. The lowest BCUT2D eigenvalue weighted by molar-refractivity contribution is 0.415. The Morgan fingerprint density at radius 2 is 1.14 bits per heavy atom. The van der Waals surface area contributed by atoms with Crippen molar-refractivity contribution in [3.63, 3.8) is 0 Å². The van der Waals surface area contributed by atoms with Gasteiger partial charge in [-0.15, -0.1) is 0 Å². The number of rotatable bonds is 6. The van der Waals surface area contributed by atoms with Crippen molar-refractivity contribution in [2.45, 2.75) is 5.92 Å². The summed E-state index contributed by atoms with van der Waals surface area (Å²) in [6.07, 6.45) is 0. The number of nitrogens with one attached hydrogen (secondary N) is 2. The van der Waals surface area contributed by atoms with Crippen LogP contribution in [0.15, 0.2) is 115 Å². The Morgan fingerprint density at radius 3 is 1.60 bits per heavy atom. The Morgan fingerprint density at radius 1 is 0.698 bits per heavy atom. The average molecular weight is 593 g/mol.